The predicted octanol–water partition coefficient (Wildman–Crippen LogP) is 1.74. The van der Waals surface area contributed by atoms with Crippen molar-refractivity contribution in [3.05, 3.63) is 33.9 Å². The quantitative estimate of drug-likeness (QED) is 0.428. The van der Waals surface area contributed by atoms with Crippen LogP contribution in [-0.4, -0.2) is 36.1 Å². The van der Waals surface area contributed by atoms with Crippen LogP contribution in [0, 0.1) is 10.1 Å². The van der Waals surface area contributed by atoms with Crippen LogP contribution in [0.5, 0.6) is 0 Å². The normalized spacial score (nSPS) is 11.1. The van der Waals surface area contributed by atoms with E-state index >= 15 is 0 Å². The molecule has 0 radical (unpaired) electrons. The number of anilines is 1. The van der Waals surface area contributed by atoms with E-state index in [9.17, 15) is 10.1 Å². The van der Waals surface area contributed by atoms with E-state index in [0.29, 0.717) is 18.8 Å². The third-order valence-corrected chi connectivity index (χ3v) is 2.79. The molecule has 0 aliphatic carbocycles. The maximum Gasteiger partial charge on any atom is 0.293 e. The highest BCUT2D eigenvalue weighted by atomic mass is 16.6. The molecule has 0 aromatic heterocycles. The van der Waals surface area contributed by atoms with Crippen molar-refractivity contribution in [1.82, 2.24) is 4.90 Å². The average Bonchev–Trinajstić information content (AvgIpc) is 2.37. The number of hydrogen-bond acceptors (Lipinski definition) is 6. The highest BCUT2D eigenvalue weighted by Gasteiger charge is 2.13. The van der Waals surface area contributed by atoms with Crippen molar-refractivity contribution >= 4 is 11.4 Å². The molecule has 0 spiro atoms. The Hall–Kier alpha value is -1.70. The van der Waals surface area contributed by atoms with E-state index in [1.165, 1.54) is 6.07 Å². The van der Waals surface area contributed by atoms with Gasteiger partial charge in [0, 0.05) is 19.2 Å². The minimum Gasteiger partial charge on any atom is -0.377 e. The van der Waals surface area contributed by atoms with Crippen LogP contribution < -0.4 is 11.3 Å². The maximum atomic E-state index is 10.8. The number of likely N-dealkylation sites (N-methyl/N-ethyl adjacent to an activating group) is 1. The second-order valence-corrected chi connectivity index (χ2v) is 4.91. The van der Waals surface area contributed by atoms with Gasteiger partial charge in [0.25, 0.3) is 5.69 Å². The fourth-order valence-electron chi connectivity index (χ4n) is 1.79. The zero-order valence-corrected chi connectivity index (χ0v) is 12.1. The summed E-state index contributed by atoms with van der Waals surface area (Å²) in [5.74, 6) is 5.31. The first-order valence-electron chi connectivity index (χ1n) is 6.48. The summed E-state index contributed by atoms with van der Waals surface area (Å²) in [5.41, 5.74) is 3.61. The number of benzene rings is 1. The maximum absolute atomic E-state index is 10.8. The molecule has 1 aromatic rings. The van der Waals surface area contributed by atoms with Gasteiger partial charge in [-0.1, -0.05) is 6.07 Å². The summed E-state index contributed by atoms with van der Waals surface area (Å²) in [4.78, 5) is 12.4. The van der Waals surface area contributed by atoms with E-state index in [4.69, 9.17) is 10.6 Å². The summed E-state index contributed by atoms with van der Waals surface area (Å²) in [5, 5.41) is 10.8. The fourth-order valence-corrected chi connectivity index (χ4v) is 1.79. The second-order valence-electron chi connectivity index (χ2n) is 4.91. The largest absolute Gasteiger partial charge is 0.377 e. The van der Waals surface area contributed by atoms with Gasteiger partial charge in [0.2, 0.25) is 0 Å². The van der Waals surface area contributed by atoms with E-state index in [1.807, 2.05) is 20.9 Å². The van der Waals surface area contributed by atoms with Gasteiger partial charge < -0.3 is 10.2 Å². The zero-order valence-electron chi connectivity index (χ0n) is 12.1. The van der Waals surface area contributed by atoms with Crippen molar-refractivity contribution in [3.63, 3.8) is 0 Å². The van der Waals surface area contributed by atoms with Crippen molar-refractivity contribution in [2.24, 2.45) is 5.84 Å². The second kappa shape index (κ2) is 7.78. The van der Waals surface area contributed by atoms with Crippen molar-refractivity contribution in [1.29, 1.82) is 0 Å². The van der Waals surface area contributed by atoms with Gasteiger partial charge >= 0.3 is 0 Å². The molecule has 7 heteroatoms. The molecule has 3 N–H and O–H groups in total. The number of rotatable bonds is 8. The molecule has 0 amide bonds. The number of nitro benzene ring substituents is 1. The van der Waals surface area contributed by atoms with Crippen LogP contribution in [0.15, 0.2) is 18.2 Å². The Bertz CT molecular complexity index is 451. The molecule has 1 aromatic carbocycles. The predicted molar refractivity (Wildman–Crippen MR) is 78.3 cm³/mol. The van der Waals surface area contributed by atoms with E-state index < -0.39 is 4.92 Å². The van der Waals surface area contributed by atoms with Gasteiger partial charge in [-0.05, 0) is 32.5 Å². The standard InChI is InChI=1S/C13H22N4O3/c1-10(2)20-7-6-16(3)9-11-4-5-13(17(18)19)12(8-11)15-14/h4-5,8,10,15H,6-7,9,14H2,1-3H3. The molecule has 0 saturated carbocycles. The van der Waals surface area contributed by atoms with Gasteiger partial charge in [0.05, 0.1) is 17.6 Å². The molecule has 0 aliphatic rings. The van der Waals surface area contributed by atoms with Crippen LogP contribution in [0.2, 0.25) is 0 Å². The molecule has 112 valence electrons. The number of hydrogen-bond donors (Lipinski definition) is 2. The summed E-state index contributed by atoms with van der Waals surface area (Å²) in [6, 6.07) is 4.89. The van der Waals surface area contributed by atoms with Crippen molar-refractivity contribution in [2.45, 2.75) is 26.5 Å². The first-order valence-corrected chi connectivity index (χ1v) is 6.48. The minimum atomic E-state index is -0.459. The molecular weight excluding hydrogens is 260 g/mol. The van der Waals surface area contributed by atoms with E-state index in [-0.39, 0.29) is 11.8 Å². The summed E-state index contributed by atoms with van der Waals surface area (Å²) in [6.07, 6.45) is 0.218. The van der Waals surface area contributed by atoms with Crippen LogP contribution in [0.1, 0.15) is 19.4 Å². The lowest BCUT2D eigenvalue weighted by molar-refractivity contribution is -0.384. The number of nitrogens with two attached hydrogens (primary N) is 1. The highest BCUT2D eigenvalue weighted by molar-refractivity contribution is 5.62. The summed E-state index contributed by atoms with van der Waals surface area (Å²) in [7, 11) is 1.97. The molecule has 0 saturated heterocycles. The molecule has 20 heavy (non-hydrogen) atoms. The van der Waals surface area contributed by atoms with Gasteiger partial charge in [-0.3, -0.25) is 20.9 Å². The number of nitrogens with one attached hydrogen (secondary N) is 1. The lowest BCUT2D eigenvalue weighted by Crippen LogP contribution is -2.24. The minimum absolute atomic E-state index is 0.0259. The fraction of sp³-hybridized carbons (Fsp3) is 0.538. The number of nitrogens with zero attached hydrogens (tertiary/aromatic N) is 2. The lowest BCUT2D eigenvalue weighted by Gasteiger charge is -2.18. The Morgan fingerprint density at radius 3 is 2.75 bits per heavy atom. The van der Waals surface area contributed by atoms with Crippen LogP contribution in [0.25, 0.3) is 0 Å². The molecule has 1 rings (SSSR count). The summed E-state index contributed by atoms with van der Waals surface area (Å²) >= 11 is 0. The van der Waals surface area contributed by atoms with Crippen molar-refractivity contribution in [2.75, 3.05) is 25.6 Å². The van der Waals surface area contributed by atoms with Crippen molar-refractivity contribution < 1.29 is 9.66 Å². The first kappa shape index (κ1) is 16.4. The van der Waals surface area contributed by atoms with Gasteiger partial charge in [-0.15, -0.1) is 0 Å². The van der Waals surface area contributed by atoms with E-state index in [1.54, 1.807) is 12.1 Å². The van der Waals surface area contributed by atoms with Gasteiger partial charge in [-0.25, -0.2) is 0 Å². The monoisotopic (exact) mass is 282 g/mol. The van der Waals surface area contributed by atoms with Crippen LogP contribution in [0.3, 0.4) is 0 Å². The molecule has 0 fully saturated rings. The molecule has 0 bridgehead atoms. The Morgan fingerprint density at radius 1 is 1.50 bits per heavy atom. The smallest absolute Gasteiger partial charge is 0.293 e. The van der Waals surface area contributed by atoms with Crippen LogP contribution in [-0.2, 0) is 11.3 Å². The SMILES string of the molecule is CC(C)OCCN(C)Cc1ccc([N+](=O)[O-])c(NN)c1. The Labute approximate surface area is 118 Å². The number of ether oxygens (including phenoxy) is 1. The summed E-state index contributed by atoms with van der Waals surface area (Å²) < 4.78 is 5.48. The third kappa shape index (κ3) is 5.12. The molecule has 0 unspecified atom stereocenters. The van der Waals surface area contributed by atoms with E-state index in [0.717, 1.165) is 12.1 Å². The number of nitrogen functional groups attached to an aromatic ring is 1. The Morgan fingerprint density at radius 2 is 2.20 bits per heavy atom. The van der Waals surface area contributed by atoms with Crippen molar-refractivity contribution in [3.8, 4) is 0 Å². The third-order valence-electron chi connectivity index (χ3n) is 2.79. The molecule has 0 atom stereocenters. The number of nitro groups is 1. The lowest BCUT2D eigenvalue weighted by atomic mass is 10.1. The highest BCUT2D eigenvalue weighted by Crippen LogP contribution is 2.24. The van der Waals surface area contributed by atoms with Crippen LogP contribution >= 0.6 is 0 Å². The molecule has 0 aliphatic heterocycles. The zero-order chi connectivity index (χ0) is 15.1. The Kier molecular flexibility index (Phi) is 6.37. The molecular formula is C13H22N4O3. The van der Waals surface area contributed by atoms with E-state index in [2.05, 4.69) is 10.3 Å². The average molecular weight is 282 g/mol. The molecule has 0 heterocycles. The van der Waals surface area contributed by atoms with Crippen LogP contribution in [0.4, 0.5) is 11.4 Å². The van der Waals surface area contributed by atoms with Gasteiger partial charge in [-0.2, -0.15) is 0 Å². The first-order chi connectivity index (χ1) is 9.43. The Balaban J connectivity index is 2.61. The summed E-state index contributed by atoms with van der Waals surface area (Å²) in [6.45, 7) is 6.11. The van der Waals surface area contributed by atoms with Gasteiger partial charge in [0.15, 0.2) is 0 Å². The topological polar surface area (TPSA) is 93.7 Å². The van der Waals surface area contributed by atoms with Gasteiger partial charge in [0.1, 0.15) is 5.69 Å². The number of hydrazine groups is 1. The molecule has 7 nitrogen and oxygen atoms in total.